The summed E-state index contributed by atoms with van der Waals surface area (Å²) in [6, 6.07) is 17.9. The maximum atomic E-state index is 3.75. The fraction of sp³-hybridized carbons (Fsp3) is 0.235. The second-order valence-electron chi connectivity index (χ2n) is 10.4. The fourth-order valence-corrected chi connectivity index (χ4v) is 8.72. The Morgan fingerprint density at radius 3 is 0.579 bits per heavy atom. The molecule has 0 atom stereocenters. The quantitative estimate of drug-likeness (QED) is 0.182. The van der Waals surface area contributed by atoms with E-state index >= 15 is 0 Å². The van der Waals surface area contributed by atoms with Gasteiger partial charge < -0.3 is 0 Å². The van der Waals surface area contributed by atoms with Crippen molar-refractivity contribution in [3.05, 3.63) is 133 Å². The van der Waals surface area contributed by atoms with Gasteiger partial charge >= 0.3 is 0 Å². The van der Waals surface area contributed by atoms with Gasteiger partial charge in [-0.2, -0.15) is 0 Å². The van der Waals surface area contributed by atoms with Crippen molar-refractivity contribution in [3.8, 4) is 0 Å². The van der Waals surface area contributed by atoms with Crippen molar-refractivity contribution in [1.82, 2.24) is 0 Å². The van der Waals surface area contributed by atoms with Crippen molar-refractivity contribution in [2.45, 2.75) is 55.4 Å². The van der Waals surface area contributed by atoms with E-state index in [9.17, 15) is 0 Å². The van der Waals surface area contributed by atoms with E-state index in [0.717, 1.165) is 17.9 Å². The number of hydrogen-bond acceptors (Lipinski definition) is 0. The minimum atomic E-state index is 1.11. The number of hydrogen-bond donors (Lipinski definition) is 0. The van der Waals surface area contributed by atoms with E-state index in [1.165, 1.54) is 77.9 Å². The Morgan fingerprint density at radius 1 is 0.316 bits per heavy atom. The molecule has 0 aliphatic heterocycles. The van der Waals surface area contributed by atoms with Crippen LogP contribution in [0.3, 0.4) is 0 Å². The smallest absolute Gasteiger partial charge is 0.0180 e. The minimum absolute atomic E-state index is 1.11. The van der Waals surface area contributed by atoms with Crippen LogP contribution in [-0.4, -0.2) is 0 Å². The van der Waals surface area contributed by atoms with E-state index in [1.54, 1.807) is 0 Å². The normalized spacial score (nSPS) is 11.2. The lowest BCUT2D eigenvalue weighted by atomic mass is 9.76. The molecule has 4 aromatic carbocycles. The van der Waals surface area contributed by atoms with Crippen LogP contribution < -0.4 is 0 Å². The Kier molecular flexibility index (Phi) is 8.99. The molecule has 0 aliphatic carbocycles. The zero-order valence-corrected chi connectivity index (χ0v) is 29.5. The van der Waals surface area contributed by atoms with Crippen molar-refractivity contribution in [2.75, 3.05) is 0 Å². The summed E-state index contributed by atoms with van der Waals surface area (Å²) < 4.78 is 4.42. The largest absolute Gasteiger partial charge is 0.0508 e. The summed E-state index contributed by atoms with van der Waals surface area (Å²) in [4.78, 5) is 0. The van der Waals surface area contributed by atoms with Crippen LogP contribution in [0.1, 0.15) is 66.8 Å². The summed E-state index contributed by atoms with van der Waals surface area (Å²) in [7, 11) is 0. The topological polar surface area (TPSA) is 0 Å². The summed E-state index contributed by atoms with van der Waals surface area (Å²) in [6.45, 7) is 17.9. The van der Waals surface area contributed by atoms with Gasteiger partial charge in [-0.1, -0.05) is 63.7 Å². The molecule has 4 aromatic rings. The number of benzene rings is 4. The minimum Gasteiger partial charge on any atom is -0.0508 e. The Morgan fingerprint density at radius 2 is 0.447 bits per heavy atom. The molecule has 0 nitrogen and oxygen atoms in total. The molecule has 4 rings (SSSR count). The van der Waals surface area contributed by atoms with Crippen molar-refractivity contribution in [3.63, 3.8) is 0 Å². The lowest BCUT2D eigenvalue weighted by Crippen LogP contribution is -2.08. The van der Waals surface area contributed by atoms with Crippen molar-refractivity contribution >= 4 is 74.9 Å². The zero-order valence-electron chi connectivity index (χ0n) is 23.1. The average Bonchev–Trinajstić information content (AvgIpc) is 2.74. The number of aryl methyl sites for hydroxylation is 8. The Bertz CT molecular complexity index is 1290. The average molecular weight is 760 g/mol. The first-order chi connectivity index (χ1) is 17.8. The van der Waals surface area contributed by atoms with E-state index < -0.39 is 0 Å². The highest BCUT2D eigenvalue weighted by Gasteiger charge is 2.26. The van der Waals surface area contributed by atoms with Crippen LogP contribution >= 0.6 is 63.7 Å². The van der Waals surface area contributed by atoms with Crippen molar-refractivity contribution in [2.24, 2.45) is 0 Å². The second-order valence-corrected chi connectivity index (χ2v) is 14.1. The van der Waals surface area contributed by atoms with Crippen molar-refractivity contribution < 1.29 is 0 Å². The molecule has 0 N–H and O–H groups in total. The van der Waals surface area contributed by atoms with Gasteiger partial charge in [-0.15, -0.1) is 0 Å². The lowest BCUT2D eigenvalue weighted by Gasteiger charge is -2.28. The highest BCUT2D eigenvalue weighted by molar-refractivity contribution is 9.11. The molecule has 0 saturated carbocycles. The lowest BCUT2D eigenvalue weighted by molar-refractivity contribution is 1.25. The standard InChI is InChI=1S/C34H32Br4/c1-17-9-25(35)10-18(2)29(17)33(30-19(3)11-26(36)12-20(30)4)34(31-21(5)13-27(37)14-22(31)6)32-23(7)15-28(38)16-24(32)8/h9-16H,1-8H3. The summed E-state index contributed by atoms with van der Waals surface area (Å²) in [6.07, 6.45) is 0. The highest BCUT2D eigenvalue weighted by Crippen LogP contribution is 2.46. The highest BCUT2D eigenvalue weighted by atomic mass is 79.9. The predicted molar refractivity (Wildman–Crippen MR) is 179 cm³/mol. The molecule has 0 saturated heterocycles. The van der Waals surface area contributed by atoms with Gasteiger partial charge in [0.2, 0.25) is 0 Å². The molecule has 0 fully saturated rings. The molecule has 196 valence electrons. The third kappa shape index (κ3) is 5.70. The Labute approximate surface area is 261 Å². The Balaban J connectivity index is 2.40. The molecular formula is C34H32Br4. The third-order valence-corrected chi connectivity index (χ3v) is 9.07. The van der Waals surface area contributed by atoms with Gasteiger partial charge in [0.15, 0.2) is 0 Å². The third-order valence-electron chi connectivity index (χ3n) is 7.24. The van der Waals surface area contributed by atoms with Crippen LogP contribution in [-0.2, 0) is 0 Å². The molecule has 0 spiro atoms. The van der Waals surface area contributed by atoms with E-state index in [2.05, 4.69) is 168 Å². The maximum absolute atomic E-state index is 3.75. The van der Waals surface area contributed by atoms with Crippen LogP contribution in [0.15, 0.2) is 66.4 Å². The van der Waals surface area contributed by atoms with Gasteiger partial charge in [0.1, 0.15) is 0 Å². The molecular weight excluding hydrogens is 728 g/mol. The molecule has 0 bridgehead atoms. The zero-order chi connectivity index (χ0) is 28.0. The molecule has 4 heteroatoms. The first kappa shape index (κ1) is 29.5. The molecule has 0 aliphatic rings. The molecule has 0 heterocycles. The van der Waals surface area contributed by atoms with Gasteiger partial charge in [0.25, 0.3) is 0 Å². The summed E-state index contributed by atoms with van der Waals surface area (Å²) >= 11 is 15.0. The maximum Gasteiger partial charge on any atom is 0.0180 e. The van der Waals surface area contributed by atoms with E-state index in [4.69, 9.17) is 0 Å². The van der Waals surface area contributed by atoms with E-state index in [0.29, 0.717) is 0 Å². The number of rotatable bonds is 4. The molecule has 38 heavy (non-hydrogen) atoms. The molecule has 0 unspecified atom stereocenters. The van der Waals surface area contributed by atoms with Crippen LogP contribution in [0.25, 0.3) is 11.1 Å². The van der Waals surface area contributed by atoms with Crippen LogP contribution in [0.2, 0.25) is 0 Å². The summed E-state index contributed by atoms with van der Waals surface area (Å²) in [5.41, 5.74) is 17.8. The van der Waals surface area contributed by atoms with Crippen molar-refractivity contribution in [1.29, 1.82) is 0 Å². The van der Waals surface area contributed by atoms with Gasteiger partial charge in [-0.05, 0) is 182 Å². The van der Waals surface area contributed by atoms with Crippen LogP contribution in [0.4, 0.5) is 0 Å². The Hall–Kier alpha value is -1.46. The SMILES string of the molecule is Cc1cc(Br)cc(C)c1C(=C(c1c(C)cc(Br)cc1C)c1c(C)cc(Br)cc1C)c1c(C)cc(Br)cc1C. The first-order valence-corrected chi connectivity index (χ1v) is 15.8. The van der Waals surface area contributed by atoms with Gasteiger partial charge in [0, 0.05) is 17.9 Å². The predicted octanol–water partition coefficient (Wildman–Crippen LogP) is 12.2. The molecule has 0 aromatic heterocycles. The number of halogens is 4. The fourth-order valence-electron chi connectivity index (χ4n) is 5.97. The van der Waals surface area contributed by atoms with E-state index in [1.807, 2.05) is 0 Å². The molecule has 0 amide bonds. The van der Waals surface area contributed by atoms with E-state index in [-0.39, 0.29) is 0 Å². The first-order valence-electron chi connectivity index (χ1n) is 12.6. The molecule has 0 radical (unpaired) electrons. The van der Waals surface area contributed by atoms with Gasteiger partial charge in [-0.3, -0.25) is 0 Å². The summed E-state index contributed by atoms with van der Waals surface area (Å²) in [5.74, 6) is 0. The van der Waals surface area contributed by atoms with Crippen LogP contribution in [0.5, 0.6) is 0 Å². The second kappa shape index (κ2) is 11.6. The van der Waals surface area contributed by atoms with Crippen LogP contribution in [0, 0.1) is 55.4 Å². The van der Waals surface area contributed by atoms with Gasteiger partial charge in [-0.25, -0.2) is 0 Å². The van der Waals surface area contributed by atoms with Gasteiger partial charge in [0.05, 0.1) is 0 Å². The summed E-state index contributed by atoms with van der Waals surface area (Å²) in [5, 5.41) is 0. The monoisotopic (exact) mass is 756 g/mol.